The molecule has 170 valence electrons. The fourth-order valence-electron chi connectivity index (χ4n) is 3.83. The van der Waals surface area contributed by atoms with Gasteiger partial charge in [0.05, 0.1) is 18.3 Å². The van der Waals surface area contributed by atoms with Gasteiger partial charge in [-0.3, -0.25) is 14.2 Å². The van der Waals surface area contributed by atoms with Crippen LogP contribution in [-0.4, -0.2) is 22.2 Å². The molecule has 0 aliphatic rings. The Hall–Kier alpha value is -3.88. The SMILES string of the molecule is COc1ccc(-n2c(=O)c3sc4ccccc4c3n(CC(=O)Nc3ccc(Cl)cc3)c2=O)cc1. The summed E-state index contributed by atoms with van der Waals surface area (Å²) in [6.07, 6.45) is 0. The number of anilines is 1. The molecule has 0 atom stereocenters. The van der Waals surface area contributed by atoms with Crippen LogP contribution in [0.2, 0.25) is 5.02 Å². The van der Waals surface area contributed by atoms with Gasteiger partial charge in [-0.05, 0) is 54.6 Å². The quantitative estimate of drug-likeness (QED) is 0.387. The van der Waals surface area contributed by atoms with Crippen molar-refractivity contribution in [1.29, 1.82) is 0 Å². The van der Waals surface area contributed by atoms with Gasteiger partial charge in [0.2, 0.25) is 5.91 Å². The molecule has 9 heteroatoms. The summed E-state index contributed by atoms with van der Waals surface area (Å²) in [4.78, 5) is 40.0. The van der Waals surface area contributed by atoms with E-state index in [0.717, 1.165) is 14.7 Å². The second kappa shape index (κ2) is 8.81. The number of carbonyl (C=O) groups is 1. The van der Waals surface area contributed by atoms with Gasteiger partial charge >= 0.3 is 5.69 Å². The number of fused-ring (bicyclic) bond motifs is 3. The Labute approximate surface area is 202 Å². The molecule has 1 N–H and O–H groups in total. The first-order valence-electron chi connectivity index (χ1n) is 10.3. The van der Waals surface area contributed by atoms with Crippen LogP contribution in [-0.2, 0) is 11.3 Å². The lowest BCUT2D eigenvalue weighted by Gasteiger charge is -2.13. The predicted molar refractivity (Wildman–Crippen MR) is 136 cm³/mol. The van der Waals surface area contributed by atoms with Crippen LogP contribution in [0.4, 0.5) is 5.69 Å². The number of amides is 1. The van der Waals surface area contributed by atoms with Crippen molar-refractivity contribution >= 4 is 54.8 Å². The number of halogens is 1. The summed E-state index contributed by atoms with van der Waals surface area (Å²) >= 11 is 7.22. The number of carbonyl (C=O) groups excluding carboxylic acids is 1. The highest BCUT2D eigenvalue weighted by Crippen LogP contribution is 2.31. The lowest BCUT2D eigenvalue weighted by Crippen LogP contribution is -2.40. The van der Waals surface area contributed by atoms with E-state index in [2.05, 4.69) is 5.32 Å². The van der Waals surface area contributed by atoms with Gasteiger partial charge in [-0.1, -0.05) is 29.8 Å². The summed E-state index contributed by atoms with van der Waals surface area (Å²) in [5.74, 6) is 0.198. The van der Waals surface area contributed by atoms with E-state index in [1.807, 2.05) is 24.3 Å². The van der Waals surface area contributed by atoms with Crippen LogP contribution in [0.1, 0.15) is 0 Å². The van der Waals surface area contributed by atoms with E-state index < -0.39 is 17.2 Å². The number of ether oxygens (including phenoxy) is 1. The molecular formula is C25H18ClN3O4S. The molecule has 1 amide bonds. The van der Waals surface area contributed by atoms with E-state index in [-0.39, 0.29) is 6.54 Å². The molecule has 3 aromatic carbocycles. The van der Waals surface area contributed by atoms with Crippen LogP contribution in [0.15, 0.2) is 82.4 Å². The third kappa shape index (κ3) is 3.87. The summed E-state index contributed by atoms with van der Waals surface area (Å²) in [5, 5.41) is 4.08. The monoisotopic (exact) mass is 491 g/mol. The maximum Gasteiger partial charge on any atom is 0.336 e. The first-order valence-corrected chi connectivity index (χ1v) is 11.5. The summed E-state index contributed by atoms with van der Waals surface area (Å²) in [6.45, 7) is -0.269. The fourth-order valence-corrected chi connectivity index (χ4v) is 5.10. The van der Waals surface area contributed by atoms with Crippen LogP contribution >= 0.6 is 22.9 Å². The van der Waals surface area contributed by atoms with Crippen LogP contribution in [0, 0.1) is 0 Å². The zero-order chi connectivity index (χ0) is 23.8. The lowest BCUT2D eigenvalue weighted by molar-refractivity contribution is -0.116. The van der Waals surface area contributed by atoms with E-state index in [4.69, 9.17) is 16.3 Å². The fraction of sp³-hybridized carbons (Fsp3) is 0.0800. The molecule has 5 aromatic rings. The molecule has 0 bridgehead atoms. The minimum Gasteiger partial charge on any atom is -0.497 e. The average molecular weight is 492 g/mol. The average Bonchev–Trinajstić information content (AvgIpc) is 3.24. The molecule has 0 unspecified atom stereocenters. The number of methoxy groups -OCH3 is 1. The molecule has 0 saturated carbocycles. The Morgan fingerprint density at radius 1 is 1.00 bits per heavy atom. The van der Waals surface area contributed by atoms with E-state index in [0.29, 0.717) is 32.4 Å². The molecule has 2 aromatic heterocycles. The van der Waals surface area contributed by atoms with E-state index >= 15 is 0 Å². The van der Waals surface area contributed by atoms with Gasteiger partial charge in [-0.25, -0.2) is 9.36 Å². The highest BCUT2D eigenvalue weighted by atomic mass is 35.5. The Morgan fingerprint density at radius 2 is 1.71 bits per heavy atom. The van der Waals surface area contributed by atoms with E-state index in [1.165, 1.54) is 23.0 Å². The van der Waals surface area contributed by atoms with Crippen LogP contribution in [0.5, 0.6) is 5.75 Å². The number of thiophene rings is 1. The third-order valence-corrected chi connectivity index (χ3v) is 6.82. The number of rotatable bonds is 5. The number of aromatic nitrogens is 2. The van der Waals surface area contributed by atoms with Gasteiger partial charge in [-0.15, -0.1) is 11.3 Å². The van der Waals surface area contributed by atoms with Crippen molar-refractivity contribution in [3.63, 3.8) is 0 Å². The summed E-state index contributed by atoms with van der Waals surface area (Å²) in [5.41, 5.74) is 0.365. The third-order valence-electron chi connectivity index (χ3n) is 5.42. The van der Waals surface area contributed by atoms with Crippen molar-refractivity contribution in [2.45, 2.75) is 6.54 Å². The molecular weight excluding hydrogens is 474 g/mol. The van der Waals surface area contributed by atoms with Crippen molar-refractivity contribution in [2.24, 2.45) is 0 Å². The van der Waals surface area contributed by atoms with Crippen LogP contribution < -0.4 is 21.3 Å². The van der Waals surface area contributed by atoms with Gasteiger partial charge in [0, 0.05) is 20.8 Å². The maximum absolute atomic E-state index is 13.6. The Balaban J connectivity index is 1.69. The van der Waals surface area contributed by atoms with Gasteiger partial charge < -0.3 is 10.1 Å². The van der Waals surface area contributed by atoms with Crippen molar-refractivity contribution in [1.82, 2.24) is 9.13 Å². The topological polar surface area (TPSA) is 82.3 Å². The number of nitrogens with one attached hydrogen (secondary N) is 1. The van der Waals surface area contributed by atoms with E-state index in [1.54, 1.807) is 48.5 Å². The van der Waals surface area contributed by atoms with Crippen molar-refractivity contribution in [3.05, 3.63) is 98.7 Å². The van der Waals surface area contributed by atoms with Crippen molar-refractivity contribution in [2.75, 3.05) is 12.4 Å². The summed E-state index contributed by atoms with van der Waals surface area (Å²) < 4.78 is 8.88. The maximum atomic E-state index is 13.6. The second-order valence-electron chi connectivity index (χ2n) is 7.54. The minimum absolute atomic E-state index is 0.269. The lowest BCUT2D eigenvalue weighted by atomic mass is 10.2. The molecule has 0 aliphatic carbocycles. The second-order valence-corrected chi connectivity index (χ2v) is 9.03. The zero-order valence-electron chi connectivity index (χ0n) is 17.9. The Bertz CT molecular complexity index is 1650. The van der Waals surface area contributed by atoms with Gasteiger partial charge in [0.25, 0.3) is 5.56 Å². The minimum atomic E-state index is -0.600. The standard InChI is InChI=1S/C25H18ClN3O4S/c1-33-18-12-10-17(11-13-18)29-24(31)23-22(19-4-2-3-5-20(19)34-23)28(25(29)32)14-21(30)27-16-8-6-15(26)7-9-16/h2-13H,14H2,1H3,(H,27,30). The highest BCUT2D eigenvalue weighted by molar-refractivity contribution is 7.25. The van der Waals surface area contributed by atoms with E-state index in [9.17, 15) is 14.4 Å². The largest absolute Gasteiger partial charge is 0.497 e. The normalized spacial score (nSPS) is 11.1. The first kappa shape index (κ1) is 21.9. The van der Waals surface area contributed by atoms with Gasteiger partial charge in [-0.2, -0.15) is 0 Å². The summed E-state index contributed by atoms with van der Waals surface area (Å²) in [6, 6.07) is 20.8. The first-order chi connectivity index (χ1) is 16.5. The Morgan fingerprint density at radius 3 is 2.41 bits per heavy atom. The number of nitrogens with zero attached hydrogens (tertiary/aromatic N) is 2. The van der Waals surface area contributed by atoms with Crippen molar-refractivity contribution in [3.8, 4) is 11.4 Å². The predicted octanol–water partition coefficient (Wildman–Crippen LogP) is 4.67. The number of benzene rings is 3. The molecule has 0 aliphatic heterocycles. The molecule has 0 fully saturated rings. The molecule has 2 heterocycles. The van der Waals surface area contributed by atoms with Crippen LogP contribution in [0.25, 0.3) is 26.0 Å². The van der Waals surface area contributed by atoms with Crippen molar-refractivity contribution < 1.29 is 9.53 Å². The Kier molecular flexibility index (Phi) is 5.69. The summed E-state index contributed by atoms with van der Waals surface area (Å²) in [7, 11) is 1.54. The molecule has 0 saturated heterocycles. The van der Waals surface area contributed by atoms with Gasteiger partial charge in [0.15, 0.2) is 0 Å². The zero-order valence-corrected chi connectivity index (χ0v) is 19.5. The molecule has 7 nitrogen and oxygen atoms in total. The molecule has 0 radical (unpaired) electrons. The molecule has 0 spiro atoms. The molecule has 5 rings (SSSR count). The molecule has 34 heavy (non-hydrogen) atoms. The van der Waals surface area contributed by atoms with Crippen LogP contribution in [0.3, 0.4) is 0 Å². The highest BCUT2D eigenvalue weighted by Gasteiger charge is 2.20. The smallest absolute Gasteiger partial charge is 0.336 e. The van der Waals surface area contributed by atoms with Gasteiger partial charge in [0.1, 0.15) is 17.0 Å². The number of hydrogen-bond acceptors (Lipinski definition) is 5. The number of hydrogen-bond donors (Lipinski definition) is 1.